The highest BCUT2D eigenvalue weighted by Crippen LogP contribution is 2.29. The summed E-state index contributed by atoms with van der Waals surface area (Å²) < 4.78 is 5.88. The third-order valence-electron chi connectivity index (χ3n) is 5.57. The second-order valence-corrected chi connectivity index (χ2v) is 8.64. The number of hydrogen-bond acceptors (Lipinski definition) is 6. The molecule has 1 N–H and O–H groups in total. The zero-order valence-electron chi connectivity index (χ0n) is 17.3. The average molecular weight is 425 g/mol. The van der Waals surface area contributed by atoms with Crippen molar-refractivity contribution in [2.45, 2.75) is 44.9 Å². The molecule has 0 saturated carbocycles. The minimum atomic E-state index is 0.0345. The molecule has 3 heterocycles. The monoisotopic (exact) mass is 424 g/mol. The van der Waals surface area contributed by atoms with Crippen LogP contribution in [0.15, 0.2) is 45.5 Å². The molecule has 1 amide bonds. The number of carbonyl (C=O) groups is 1. The lowest BCUT2D eigenvalue weighted by molar-refractivity contribution is -0.117. The van der Waals surface area contributed by atoms with E-state index in [2.05, 4.69) is 39.5 Å². The minimum Gasteiger partial charge on any atom is -0.420 e. The highest BCUT2D eigenvalue weighted by molar-refractivity contribution is 7.08. The molecule has 4 rings (SSSR count). The van der Waals surface area contributed by atoms with Gasteiger partial charge in [-0.2, -0.15) is 11.3 Å². The number of aryl methyl sites for hydroxylation is 1. The first kappa shape index (κ1) is 20.8. The molecule has 3 aromatic rings. The Morgan fingerprint density at radius 3 is 2.70 bits per heavy atom. The second-order valence-electron chi connectivity index (χ2n) is 7.86. The number of nitrogens with one attached hydrogen (secondary N) is 1. The number of thiophene rings is 1. The summed E-state index contributed by atoms with van der Waals surface area (Å²) in [6.07, 6.45) is 5.32. The van der Waals surface area contributed by atoms with E-state index in [9.17, 15) is 4.79 Å². The van der Waals surface area contributed by atoms with E-state index in [4.69, 9.17) is 4.42 Å². The maximum atomic E-state index is 12.4. The fourth-order valence-corrected chi connectivity index (χ4v) is 4.41. The molecule has 0 unspecified atom stereocenters. The van der Waals surface area contributed by atoms with Crippen molar-refractivity contribution in [2.24, 2.45) is 0 Å². The van der Waals surface area contributed by atoms with Gasteiger partial charge in [-0.15, -0.1) is 10.2 Å². The minimum absolute atomic E-state index is 0.0345. The summed E-state index contributed by atoms with van der Waals surface area (Å²) in [6.45, 7) is 4.31. The first-order valence-electron chi connectivity index (χ1n) is 10.7. The first-order valence-corrected chi connectivity index (χ1v) is 11.6. The van der Waals surface area contributed by atoms with Gasteiger partial charge in [0.2, 0.25) is 17.7 Å². The molecule has 1 aromatic carbocycles. The van der Waals surface area contributed by atoms with Gasteiger partial charge in [0.15, 0.2) is 0 Å². The molecule has 2 aromatic heterocycles. The van der Waals surface area contributed by atoms with Crippen LogP contribution in [0.1, 0.15) is 50.0 Å². The Bertz CT molecular complexity index is 929. The Morgan fingerprint density at radius 2 is 2.00 bits per heavy atom. The molecule has 1 aliphatic rings. The standard InChI is InChI=1S/C23H28N4O2S/c1-2-3-4-17-5-7-20(8-6-17)24-21(28)15-27-12-9-18(10-13-27)22-25-26-23(29-22)19-11-14-30-16-19/h5-8,11,14,16,18H,2-4,9-10,12-13,15H2,1H3,(H,24,28). The molecule has 0 atom stereocenters. The predicted molar refractivity (Wildman–Crippen MR) is 120 cm³/mol. The van der Waals surface area contributed by atoms with Crippen molar-refractivity contribution in [1.29, 1.82) is 0 Å². The fourth-order valence-electron chi connectivity index (χ4n) is 3.78. The van der Waals surface area contributed by atoms with Crippen LogP contribution in [0.5, 0.6) is 0 Å². The van der Waals surface area contributed by atoms with Crippen molar-refractivity contribution >= 4 is 22.9 Å². The lowest BCUT2D eigenvalue weighted by atomic mass is 9.97. The van der Waals surface area contributed by atoms with Crippen LogP contribution < -0.4 is 5.32 Å². The average Bonchev–Trinajstić information content (AvgIpc) is 3.46. The fraction of sp³-hybridized carbons (Fsp3) is 0.435. The quantitative estimate of drug-likeness (QED) is 0.553. The highest BCUT2D eigenvalue weighted by Gasteiger charge is 2.26. The SMILES string of the molecule is CCCCc1ccc(NC(=O)CN2CCC(c3nnc(-c4ccsc4)o3)CC2)cc1. The van der Waals surface area contributed by atoms with Crippen LogP contribution in [-0.2, 0) is 11.2 Å². The summed E-state index contributed by atoms with van der Waals surface area (Å²) in [6, 6.07) is 10.2. The Kier molecular flexibility index (Phi) is 6.92. The lowest BCUT2D eigenvalue weighted by Gasteiger charge is -2.29. The second kappa shape index (κ2) is 10.00. The van der Waals surface area contributed by atoms with Gasteiger partial charge < -0.3 is 9.73 Å². The molecule has 7 heteroatoms. The number of benzene rings is 1. The molecule has 158 valence electrons. The Balaban J connectivity index is 1.23. The van der Waals surface area contributed by atoms with E-state index in [0.717, 1.165) is 43.6 Å². The maximum Gasteiger partial charge on any atom is 0.248 e. The lowest BCUT2D eigenvalue weighted by Crippen LogP contribution is -2.38. The Hall–Kier alpha value is -2.51. The molecule has 0 aliphatic carbocycles. The highest BCUT2D eigenvalue weighted by atomic mass is 32.1. The number of amides is 1. The van der Waals surface area contributed by atoms with Gasteiger partial charge in [0.25, 0.3) is 0 Å². The molecule has 1 saturated heterocycles. The van der Waals surface area contributed by atoms with Crippen LogP contribution in [0.2, 0.25) is 0 Å². The van der Waals surface area contributed by atoms with Gasteiger partial charge in [-0.25, -0.2) is 0 Å². The van der Waals surface area contributed by atoms with E-state index in [0.29, 0.717) is 18.3 Å². The van der Waals surface area contributed by atoms with Gasteiger partial charge in [-0.05, 0) is 67.9 Å². The number of piperidine rings is 1. The maximum absolute atomic E-state index is 12.4. The molecular formula is C23H28N4O2S. The molecule has 30 heavy (non-hydrogen) atoms. The topological polar surface area (TPSA) is 71.3 Å². The van der Waals surface area contributed by atoms with Crippen molar-refractivity contribution in [3.63, 3.8) is 0 Å². The Labute approximate surface area is 181 Å². The van der Waals surface area contributed by atoms with Gasteiger partial charge in [-0.3, -0.25) is 9.69 Å². The van der Waals surface area contributed by atoms with Gasteiger partial charge in [0.05, 0.1) is 6.54 Å². The number of carbonyl (C=O) groups excluding carboxylic acids is 1. The molecule has 0 spiro atoms. The van der Waals surface area contributed by atoms with E-state index >= 15 is 0 Å². The first-order chi connectivity index (χ1) is 14.7. The van der Waals surface area contributed by atoms with Gasteiger partial charge in [-0.1, -0.05) is 25.5 Å². The van der Waals surface area contributed by atoms with E-state index in [1.165, 1.54) is 18.4 Å². The smallest absolute Gasteiger partial charge is 0.248 e. The summed E-state index contributed by atoms with van der Waals surface area (Å²) in [7, 11) is 0. The van der Waals surface area contributed by atoms with E-state index in [-0.39, 0.29) is 11.8 Å². The summed E-state index contributed by atoms with van der Waals surface area (Å²) in [4.78, 5) is 14.6. The summed E-state index contributed by atoms with van der Waals surface area (Å²) in [5.41, 5.74) is 3.16. The van der Waals surface area contributed by atoms with Crippen molar-refractivity contribution in [3.05, 3.63) is 52.5 Å². The number of aromatic nitrogens is 2. The number of rotatable bonds is 8. The third-order valence-corrected chi connectivity index (χ3v) is 6.25. The molecule has 1 fully saturated rings. The van der Waals surface area contributed by atoms with Crippen LogP contribution in [0, 0.1) is 0 Å². The largest absolute Gasteiger partial charge is 0.420 e. The molecule has 0 bridgehead atoms. The zero-order chi connectivity index (χ0) is 20.8. The number of anilines is 1. The number of unbranched alkanes of at least 4 members (excludes halogenated alkanes) is 1. The summed E-state index contributed by atoms with van der Waals surface area (Å²) >= 11 is 1.62. The van der Waals surface area contributed by atoms with Crippen molar-refractivity contribution < 1.29 is 9.21 Å². The van der Waals surface area contributed by atoms with Crippen LogP contribution in [0.25, 0.3) is 11.5 Å². The molecule has 6 nitrogen and oxygen atoms in total. The number of likely N-dealkylation sites (tertiary alicyclic amines) is 1. The van der Waals surface area contributed by atoms with Crippen molar-refractivity contribution in [1.82, 2.24) is 15.1 Å². The van der Waals surface area contributed by atoms with Gasteiger partial charge >= 0.3 is 0 Å². The van der Waals surface area contributed by atoms with E-state index < -0.39 is 0 Å². The number of nitrogens with zero attached hydrogens (tertiary/aromatic N) is 3. The zero-order valence-corrected chi connectivity index (χ0v) is 18.2. The summed E-state index contributed by atoms with van der Waals surface area (Å²) in [5.74, 6) is 1.60. The van der Waals surface area contributed by atoms with Crippen LogP contribution in [-0.4, -0.2) is 40.6 Å². The van der Waals surface area contributed by atoms with Crippen molar-refractivity contribution in [3.8, 4) is 11.5 Å². The van der Waals surface area contributed by atoms with Crippen LogP contribution in [0.4, 0.5) is 5.69 Å². The van der Waals surface area contributed by atoms with Crippen LogP contribution >= 0.6 is 11.3 Å². The molecular weight excluding hydrogens is 396 g/mol. The van der Waals surface area contributed by atoms with Crippen molar-refractivity contribution in [2.75, 3.05) is 25.0 Å². The van der Waals surface area contributed by atoms with Gasteiger partial charge in [0.1, 0.15) is 0 Å². The molecule has 1 aliphatic heterocycles. The number of hydrogen-bond donors (Lipinski definition) is 1. The van der Waals surface area contributed by atoms with E-state index in [1.54, 1.807) is 11.3 Å². The van der Waals surface area contributed by atoms with Gasteiger partial charge in [0, 0.05) is 22.5 Å². The predicted octanol–water partition coefficient (Wildman–Crippen LogP) is 4.96. The normalized spacial score (nSPS) is 15.4. The Morgan fingerprint density at radius 1 is 1.20 bits per heavy atom. The van der Waals surface area contributed by atoms with E-state index in [1.807, 2.05) is 29.0 Å². The molecule has 0 radical (unpaired) electrons. The van der Waals surface area contributed by atoms with Crippen LogP contribution in [0.3, 0.4) is 0 Å². The summed E-state index contributed by atoms with van der Waals surface area (Å²) in [5, 5.41) is 15.5. The third kappa shape index (κ3) is 5.34.